The van der Waals surface area contributed by atoms with Gasteiger partial charge in [-0.25, -0.2) is 0 Å². The van der Waals surface area contributed by atoms with E-state index in [1.54, 1.807) is 0 Å². The molecule has 0 spiro atoms. The molecule has 3 nitrogen and oxygen atoms in total. The first-order chi connectivity index (χ1) is 7.72. The van der Waals surface area contributed by atoms with Gasteiger partial charge in [0.25, 0.3) is 0 Å². The normalized spacial score (nSPS) is 37.8. The van der Waals surface area contributed by atoms with E-state index < -0.39 is 0 Å². The summed E-state index contributed by atoms with van der Waals surface area (Å²) in [7, 11) is 2.16. The van der Waals surface area contributed by atoms with Gasteiger partial charge < -0.3 is 13.7 Å². The molecule has 3 rings (SSSR count). The highest BCUT2D eigenvalue weighted by Crippen LogP contribution is 2.40. The molecule has 0 aromatic heterocycles. The van der Waals surface area contributed by atoms with Crippen molar-refractivity contribution in [1.82, 2.24) is 0 Å². The van der Waals surface area contributed by atoms with Crippen LogP contribution in [0.25, 0.3) is 0 Å². The Hall–Kier alpha value is -0.835. The molecule has 0 bridgehead atoms. The van der Waals surface area contributed by atoms with Crippen LogP contribution in [0, 0.1) is 0 Å². The minimum absolute atomic E-state index is 0.0693. The molecule has 84 valence electrons. The average molecular weight is 218 g/mol. The first-order valence-corrected chi connectivity index (χ1v) is 5.89. The first-order valence-electron chi connectivity index (χ1n) is 5.89. The molecule has 0 N–H and O–H groups in total. The number of hydrogen-bond acceptors (Lipinski definition) is 2. The quantitative estimate of drug-likeness (QED) is 0.666. The Morgan fingerprint density at radius 1 is 1.31 bits per heavy atom. The van der Waals surface area contributed by atoms with Crippen molar-refractivity contribution in [3.05, 3.63) is 35.9 Å². The molecule has 16 heavy (non-hydrogen) atoms. The maximum absolute atomic E-state index is 6.04. The van der Waals surface area contributed by atoms with E-state index >= 15 is 0 Å². The molecule has 2 saturated heterocycles. The van der Waals surface area contributed by atoms with E-state index in [0.717, 1.165) is 17.5 Å². The molecule has 1 aromatic rings. The first kappa shape index (κ1) is 10.3. The zero-order valence-corrected chi connectivity index (χ0v) is 9.80. The summed E-state index contributed by atoms with van der Waals surface area (Å²) < 4.78 is 12.6. The topological polar surface area (TPSA) is 18.5 Å². The van der Waals surface area contributed by atoms with Crippen molar-refractivity contribution in [1.29, 1.82) is 0 Å². The third kappa shape index (κ3) is 1.34. The van der Waals surface area contributed by atoms with Gasteiger partial charge in [-0.05, 0) is 12.5 Å². The molecule has 2 aliphatic heterocycles. The van der Waals surface area contributed by atoms with Crippen LogP contribution in [-0.2, 0) is 9.31 Å². The number of quaternary nitrogens is 1. The van der Waals surface area contributed by atoms with Crippen LogP contribution in [0.1, 0.15) is 18.6 Å². The summed E-state index contributed by atoms with van der Waals surface area (Å²) in [6, 6.07) is 10.9. The fourth-order valence-electron chi connectivity index (χ4n) is 2.75. The van der Waals surface area contributed by atoms with Gasteiger partial charge >= 0.3 is 7.25 Å². The van der Waals surface area contributed by atoms with Crippen LogP contribution in [-0.4, -0.2) is 37.9 Å². The Balaban J connectivity index is 1.91. The molecule has 4 heteroatoms. The highest BCUT2D eigenvalue weighted by Gasteiger charge is 2.62. The van der Waals surface area contributed by atoms with E-state index in [9.17, 15) is 0 Å². The number of likely N-dealkylation sites (N-methyl/N-ethyl adjacent to an activating group) is 1. The zero-order chi connectivity index (χ0) is 11.2. The zero-order valence-electron chi connectivity index (χ0n) is 9.80. The van der Waals surface area contributed by atoms with Crippen molar-refractivity contribution in [2.24, 2.45) is 0 Å². The minimum atomic E-state index is -0.0693. The second-order valence-electron chi connectivity index (χ2n) is 4.96. The molecule has 3 atom stereocenters. The molecule has 0 aliphatic carbocycles. The monoisotopic (exact) mass is 218 g/mol. The molecule has 2 aliphatic rings. The van der Waals surface area contributed by atoms with Crippen LogP contribution in [0.2, 0.25) is 0 Å². The molecule has 0 saturated carbocycles. The number of benzene rings is 1. The van der Waals surface area contributed by atoms with Crippen LogP contribution < -0.4 is 0 Å². The van der Waals surface area contributed by atoms with Crippen LogP contribution in [0.4, 0.5) is 0 Å². The van der Waals surface area contributed by atoms with Gasteiger partial charge in [0.1, 0.15) is 12.1 Å². The summed E-state index contributed by atoms with van der Waals surface area (Å²) in [6.07, 6.45) is 0.163. The Kier molecular flexibility index (Phi) is 2.31. The van der Waals surface area contributed by atoms with Crippen molar-refractivity contribution < 1.29 is 13.7 Å². The molecular formula is C12H17BNO2+. The summed E-state index contributed by atoms with van der Waals surface area (Å²) in [5, 5.41) is 0. The Morgan fingerprint density at radius 2 is 2.06 bits per heavy atom. The van der Waals surface area contributed by atoms with Gasteiger partial charge in [-0.2, -0.15) is 0 Å². The summed E-state index contributed by atoms with van der Waals surface area (Å²) in [6.45, 7) is 4.12. The number of rotatable bonds is 1. The Bertz CT molecular complexity index is 386. The fraction of sp³-hybridized carbons (Fsp3) is 0.500. The highest BCUT2D eigenvalue weighted by atomic mass is 16.6. The fourth-order valence-corrected chi connectivity index (χ4v) is 2.75. The van der Waals surface area contributed by atoms with Crippen molar-refractivity contribution in [3.8, 4) is 0 Å². The predicted molar refractivity (Wildman–Crippen MR) is 62.5 cm³/mol. The van der Waals surface area contributed by atoms with Gasteiger partial charge in [0.2, 0.25) is 0 Å². The molecule has 1 aromatic carbocycles. The molecule has 2 heterocycles. The van der Waals surface area contributed by atoms with Crippen LogP contribution in [0.5, 0.6) is 0 Å². The van der Waals surface area contributed by atoms with Crippen LogP contribution in [0.15, 0.2) is 30.3 Å². The summed E-state index contributed by atoms with van der Waals surface area (Å²) in [5.41, 5.74) is 1.26. The third-order valence-corrected chi connectivity index (χ3v) is 4.07. The second kappa shape index (κ2) is 3.59. The summed E-state index contributed by atoms with van der Waals surface area (Å²) in [5.74, 6) is 0. The number of nitrogens with zero attached hydrogens (tertiary/aromatic N) is 1. The van der Waals surface area contributed by atoms with E-state index in [0.29, 0.717) is 6.04 Å². The van der Waals surface area contributed by atoms with Gasteiger partial charge in [0.05, 0.1) is 20.2 Å². The van der Waals surface area contributed by atoms with Gasteiger partial charge in [-0.15, -0.1) is 0 Å². The van der Waals surface area contributed by atoms with Gasteiger partial charge in [0, 0.05) is 0 Å². The number of fused-ring (bicyclic) bond motifs is 1. The standard InChI is InChI=1S/C12H17BNO2/c1-10-12(11-6-4-3-5-7-11)16-13-14(10,2)8-9-15-13/h3-7,10,12H,8-9H2,1-2H3/q+1/t10-,12-,14+/m0/s1. The number of hydrogen-bond donors (Lipinski definition) is 0. The van der Waals surface area contributed by atoms with Gasteiger partial charge in [-0.3, -0.25) is 0 Å². The summed E-state index contributed by atoms with van der Waals surface area (Å²) >= 11 is 0. The molecule has 0 amide bonds. The summed E-state index contributed by atoms with van der Waals surface area (Å²) in [4.78, 5) is 0. The van der Waals surface area contributed by atoms with E-state index in [4.69, 9.17) is 9.31 Å². The van der Waals surface area contributed by atoms with Crippen molar-refractivity contribution in [3.63, 3.8) is 0 Å². The van der Waals surface area contributed by atoms with Crippen molar-refractivity contribution in [2.75, 3.05) is 20.2 Å². The maximum atomic E-state index is 6.04. The molecule has 0 unspecified atom stereocenters. The Labute approximate surface area is 96.7 Å². The SMILES string of the molecule is C[C@H]1[C@@H](c2ccccc2)OB2OCC[N@@+]21C. The Morgan fingerprint density at radius 3 is 2.75 bits per heavy atom. The second-order valence-corrected chi connectivity index (χ2v) is 4.96. The van der Waals surface area contributed by atoms with E-state index in [2.05, 4.69) is 38.2 Å². The highest BCUT2D eigenvalue weighted by molar-refractivity contribution is 6.36. The van der Waals surface area contributed by atoms with Crippen LogP contribution in [0.3, 0.4) is 0 Å². The van der Waals surface area contributed by atoms with E-state index in [1.807, 2.05) is 6.07 Å². The van der Waals surface area contributed by atoms with Crippen molar-refractivity contribution >= 4 is 7.25 Å². The molecular weight excluding hydrogens is 201 g/mol. The largest absolute Gasteiger partial charge is 0.760 e. The van der Waals surface area contributed by atoms with Crippen molar-refractivity contribution in [2.45, 2.75) is 19.1 Å². The minimum Gasteiger partial charge on any atom is -0.348 e. The van der Waals surface area contributed by atoms with Crippen LogP contribution >= 0.6 is 0 Å². The lowest BCUT2D eigenvalue weighted by Crippen LogP contribution is -2.52. The third-order valence-electron chi connectivity index (χ3n) is 4.07. The smallest absolute Gasteiger partial charge is 0.348 e. The maximum Gasteiger partial charge on any atom is 0.760 e. The predicted octanol–water partition coefficient (Wildman–Crippen LogP) is 1.61. The van der Waals surface area contributed by atoms with Gasteiger partial charge in [-0.1, -0.05) is 30.3 Å². The van der Waals surface area contributed by atoms with E-state index in [1.165, 1.54) is 5.56 Å². The van der Waals surface area contributed by atoms with Gasteiger partial charge in [0.15, 0.2) is 0 Å². The average Bonchev–Trinajstić information content (AvgIpc) is 2.78. The lowest BCUT2D eigenvalue weighted by molar-refractivity contribution is -0.820. The van der Waals surface area contributed by atoms with E-state index in [-0.39, 0.29) is 13.4 Å². The molecule has 0 radical (unpaired) electrons. The lowest BCUT2D eigenvalue weighted by Gasteiger charge is -2.31. The lowest BCUT2D eigenvalue weighted by atomic mass is 9.98. The molecule has 2 fully saturated rings.